The summed E-state index contributed by atoms with van der Waals surface area (Å²) in [6, 6.07) is 13.6. The van der Waals surface area contributed by atoms with Gasteiger partial charge in [-0.25, -0.2) is 9.59 Å². The quantitative estimate of drug-likeness (QED) is 0.559. The molecule has 2 N–H and O–H groups in total. The van der Waals surface area contributed by atoms with Crippen molar-refractivity contribution in [2.75, 3.05) is 13.2 Å². The third-order valence-electron chi connectivity index (χ3n) is 6.88. The number of benzene rings is 2. The first-order chi connectivity index (χ1) is 17.8. The molecule has 2 amide bonds. The number of hydrogen-bond donors (Lipinski definition) is 2. The van der Waals surface area contributed by atoms with Crippen LogP contribution in [0.25, 0.3) is 11.1 Å². The lowest BCUT2D eigenvalue weighted by atomic mass is 9.98. The molecule has 0 aromatic heterocycles. The number of aliphatic carboxylic acids is 1. The van der Waals surface area contributed by atoms with Gasteiger partial charge in [-0.05, 0) is 63.8 Å². The number of nitrogens with one attached hydrogen (secondary N) is 1. The molecule has 204 valence electrons. The highest BCUT2D eigenvalue weighted by atomic mass is 16.6. The normalized spacial score (nSPS) is 20.9. The fourth-order valence-corrected chi connectivity index (χ4v) is 5.29. The van der Waals surface area contributed by atoms with Crippen LogP contribution in [0.5, 0.6) is 0 Å². The Labute approximate surface area is 223 Å². The van der Waals surface area contributed by atoms with Crippen LogP contribution in [0.1, 0.15) is 58.6 Å². The fourth-order valence-electron chi connectivity index (χ4n) is 5.29. The van der Waals surface area contributed by atoms with E-state index in [-0.39, 0.29) is 19.1 Å². The van der Waals surface area contributed by atoms with Crippen molar-refractivity contribution in [3.05, 3.63) is 59.7 Å². The van der Waals surface area contributed by atoms with Crippen LogP contribution in [0.2, 0.25) is 0 Å². The number of carbonyl (C=O) groups excluding carboxylic acids is 2. The highest BCUT2D eigenvalue weighted by Crippen LogP contribution is 2.44. The van der Waals surface area contributed by atoms with Gasteiger partial charge in [-0.1, -0.05) is 48.5 Å². The van der Waals surface area contributed by atoms with Gasteiger partial charge in [0.15, 0.2) is 6.04 Å². The van der Waals surface area contributed by atoms with Crippen LogP contribution in [0.4, 0.5) is 4.79 Å². The number of carbonyl (C=O) groups is 3. The molecular weight excluding hydrogens is 488 g/mol. The summed E-state index contributed by atoms with van der Waals surface area (Å²) in [6.07, 6.45) is -1.52. The Kier molecular flexibility index (Phi) is 7.54. The topological polar surface area (TPSA) is 114 Å². The van der Waals surface area contributed by atoms with Crippen molar-refractivity contribution in [2.45, 2.75) is 77.0 Å². The summed E-state index contributed by atoms with van der Waals surface area (Å²) in [5, 5.41) is 12.4. The van der Waals surface area contributed by atoms with Gasteiger partial charge in [-0.2, -0.15) is 0 Å². The molecule has 1 aliphatic heterocycles. The van der Waals surface area contributed by atoms with Crippen LogP contribution < -0.4 is 5.32 Å². The van der Waals surface area contributed by atoms with E-state index in [9.17, 15) is 19.5 Å². The molecule has 1 saturated heterocycles. The number of hydrogen-bond acceptors (Lipinski definition) is 6. The molecule has 0 spiro atoms. The molecule has 2 aromatic carbocycles. The summed E-state index contributed by atoms with van der Waals surface area (Å²) in [6.45, 7) is 10.2. The number of fused-ring (bicyclic) bond motifs is 3. The van der Waals surface area contributed by atoms with Crippen LogP contribution in [0.15, 0.2) is 48.5 Å². The minimum absolute atomic E-state index is 0.0774. The Balaban J connectivity index is 1.51. The van der Waals surface area contributed by atoms with Gasteiger partial charge >= 0.3 is 12.1 Å². The van der Waals surface area contributed by atoms with Gasteiger partial charge in [0.05, 0.1) is 18.3 Å². The average molecular weight is 525 g/mol. The first kappa shape index (κ1) is 27.6. The molecule has 0 saturated carbocycles. The highest BCUT2D eigenvalue weighted by Gasteiger charge is 2.53. The Morgan fingerprint density at radius 2 is 1.61 bits per heavy atom. The van der Waals surface area contributed by atoms with Crippen LogP contribution in [-0.2, 0) is 23.8 Å². The molecule has 4 rings (SSSR count). The molecule has 9 heteroatoms. The second kappa shape index (κ2) is 10.4. The molecule has 1 heterocycles. The lowest BCUT2D eigenvalue weighted by Crippen LogP contribution is -2.59. The third-order valence-corrected chi connectivity index (χ3v) is 6.88. The van der Waals surface area contributed by atoms with Crippen molar-refractivity contribution in [3.8, 4) is 11.1 Å². The maximum Gasteiger partial charge on any atom is 0.407 e. The van der Waals surface area contributed by atoms with Crippen LogP contribution in [-0.4, -0.2) is 70.7 Å². The Morgan fingerprint density at radius 3 is 2.13 bits per heavy atom. The molecule has 1 aliphatic carbocycles. The predicted octanol–water partition coefficient (Wildman–Crippen LogP) is 4.15. The van der Waals surface area contributed by atoms with E-state index in [0.717, 1.165) is 22.3 Å². The average Bonchev–Trinajstić information content (AvgIpc) is 3.29. The van der Waals surface area contributed by atoms with Crippen molar-refractivity contribution < 1.29 is 33.7 Å². The summed E-state index contributed by atoms with van der Waals surface area (Å²) in [7, 11) is 0. The summed E-state index contributed by atoms with van der Waals surface area (Å²) in [5.74, 6) is -1.95. The molecule has 3 atom stereocenters. The van der Waals surface area contributed by atoms with Crippen LogP contribution in [0.3, 0.4) is 0 Å². The summed E-state index contributed by atoms with van der Waals surface area (Å²) < 4.78 is 17.2. The molecule has 0 bridgehead atoms. The molecular formula is C29H36N2O7. The number of carboxylic acid groups (broad SMARTS) is 1. The number of amides is 2. The van der Waals surface area contributed by atoms with Gasteiger partial charge in [-0.3, -0.25) is 9.69 Å². The maximum absolute atomic E-state index is 13.7. The molecule has 2 aromatic rings. The smallest absolute Gasteiger partial charge is 0.407 e. The van der Waals surface area contributed by atoms with Gasteiger partial charge in [0.25, 0.3) is 5.91 Å². The highest BCUT2D eigenvalue weighted by molar-refractivity contribution is 5.90. The van der Waals surface area contributed by atoms with Crippen molar-refractivity contribution in [1.29, 1.82) is 0 Å². The molecule has 0 radical (unpaired) electrons. The second-order valence-corrected chi connectivity index (χ2v) is 11.2. The first-order valence-corrected chi connectivity index (χ1v) is 12.8. The van der Waals surface area contributed by atoms with Gasteiger partial charge < -0.3 is 24.6 Å². The molecule has 2 aliphatic rings. The lowest BCUT2D eigenvalue weighted by Gasteiger charge is -2.35. The summed E-state index contributed by atoms with van der Waals surface area (Å²) in [5.41, 5.74) is 2.56. The van der Waals surface area contributed by atoms with Gasteiger partial charge in [0, 0.05) is 5.92 Å². The molecule has 1 fully saturated rings. The zero-order valence-corrected chi connectivity index (χ0v) is 22.7. The largest absolute Gasteiger partial charge is 0.480 e. The van der Waals surface area contributed by atoms with E-state index in [0.29, 0.717) is 0 Å². The molecule has 3 unspecified atom stereocenters. The van der Waals surface area contributed by atoms with E-state index in [4.69, 9.17) is 14.2 Å². The van der Waals surface area contributed by atoms with E-state index in [1.807, 2.05) is 69.3 Å². The number of alkyl carbamates (subject to hydrolysis) is 1. The van der Waals surface area contributed by atoms with E-state index in [1.54, 1.807) is 20.8 Å². The SMILES string of the molecule is CC1OC(C)(C)N(C(=O)C(COC(C)(C)C)NC(=O)OCC2c3ccccc3-c3ccccc32)C1C(=O)O. The van der Waals surface area contributed by atoms with Gasteiger partial charge in [0.2, 0.25) is 0 Å². The number of nitrogens with zero attached hydrogens (tertiary/aromatic N) is 1. The minimum Gasteiger partial charge on any atom is -0.480 e. The third kappa shape index (κ3) is 5.54. The van der Waals surface area contributed by atoms with E-state index in [2.05, 4.69) is 5.32 Å². The van der Waals surface area contributed by atoms with E-state index >= 15 is 0 Å². The van der Waals surface area contributed by atoms with Crippen LogP contribution >= 0.6 is 0 Å². The monoisotopic (exact) mass is 524 g/mol. The van der Waals surface area contributed by atoms with E-state index < -0.39 is 47.5 Å². The fraction of sp³-hybridized carbons (Fsp3) is 0.483. The van der Waals surface area contributed by atoms with Gasteiger partial charge in [0.1, 0.15) is 18.4 Å². The summed E-state index contributed by atoms with van der Waals surface area (Å²) >= 11 is 0. The van der Waals surface area contributed by atoms with Crippen molar-refractivity contribution in [2.24, 2.45) is 0 Å². The Hall–Kier alpha value is -3.43. The number of rotatable bonds is 7. The van der Waals surface area contributed by atoms with Crippen LogP contribution in [0, 0.1) is 0 Å². The molecule has 9 nitrogen and oxygen atoms in total. The standard InChI is InChI=1S/C29H36N2O7/c1-17-24(26(33)34)31(29(5,6)38-17)25(32)23(16-37-28(2,3)4)30-27(35)36-15-22-20-13-9-7-11-18(20)19-12-8-10-14-21(19)22/h7-14,17,22-24H,15-16H2,1-6H3,(H,30,35)(H,33,34). The van der Waals surface area contributed by atoms with Crippen molar-refractivity contribution in [3.63, 3.8) is 0 Å². The molecule has 38 heavy (non-hydrogen) atoms. The summed E-state index contributed by atoms with van der Waals surface area (Å²) in [4.78, 5) is 39.9. The van der Waals surface area contributed by atoms with Crippen molar-refractivity contribution in [1.82, 2.24) is 10.2 Å². The number of carboxylic acids is 1. The van der Waals surface area contributed by atoms with Crippen molar-refractivity contribution >= 4 is 18.0 Å². The van der Waals surface area contributed by atoms with Gasteiger partial charge in [-0.15, -0.1) is 0 Å². The Bertz CT molecular complexity index is 1170. The lowest BCUT2D eigenvalue weighted by molar-refractivity contribution is -0.158. The zero-order valence-electron chi connectivity index (χ0n) is 22.7. The predicted molar refractivity (Wildman–Crippen MR) is 141 cm³/mol. The Morgan fingerprint density at radius 1 is 1.05 bits per heavy atom. The first-order valence-electron chi connectivity index (χ1n) is 12.8. The zero-order chi connectivity index (χ0) is 27.8. The maximum atomic E-state index is 13.7. The van der Waals surface area contributed by atoms with E-state index in [1.165, 1.54) is 4.90 Å². The minimum atomic E-state index is -1.21. The number of ether oxygens (including phenoxy) is 3. The second-order valence-electron chi connectivity index (χ2n) is 11.2.